The minimum Gasteiger partial charge on any atom is -0.367 e. The van der Waals surface area contributed by atoms with Crippen molar-refractivity contribution in [3.63, 3.8) is 0 Å². The lowest BCUT2D eigenvalue weighted by atomic mass is 10.1. The predicted molar refractivity (Wildman–Crippen MR) is 121 cm³/mol. The van der Waals surface area contributed by atoms with Gasteiger partial charge in [0.05, 0.1) is 4.88 Å². The first-order chi connectivity index (χ1) is 14.6. The standard InChI is InChI=1S/C24H25N3O2S/c1-17(26-24(29)22-7-4-14-30-22)23(28)25-15-18-8-10-19(11-9-18)16-27-13-12-20-5-2-3-6-21(20)27/h2-11,14,17H,12-13,15-16H2,1H3,(H,25,28)(H,26,29)/t17-/m0/s1. The topological polar surface area (TPSA) is 61.4 Å². The van der Waals surface area contributed by atoms with Gasteiger partial charge in [0, 0.05) is 25.3 Å². The van der Waals surface area contributed by atoms with Crippen LogP contribution >= 0.6 is 11.3 Å². The maximum absolute atomic E-state index is 12.3. The van der Waals surface area contributed by atoms with Crippen molar-refractivity contribution in [3.8, 4) is 0 Å². The van der Waals surface area contributed by atoms with E-state index in [0.717, 1.165) is 25.1 Å². The molecule has 0 bridgehead atoms. The number of hydrogen-bond donors (Lipinski definition) is 2. The maximum Gasteiger partial charge on any atom is 0.261 e. The van der Waals surface area contributed by atoms with Crippen molar-refractivity contribution in [2.24, 2.45) is 0 Å². The molecule has 5 nitrogen and oxygen atoms in total. The number of carbonyl (C=O) groups is 2. The lowest BCUT2D eigenvalue weighted by molar-refractivity contribution is -0.122. The van der Waals surface area contributed by atoms with Crippen molar-refractivity contribution in [1.29, 1.82) is 0 Å². The fourth-order valence-corrected chi connectivity index (χ4v) is 4.26. The number of para-hydroxylation sites is 1. The average molecular weight is 420 g/mol. The van der Waals surface area contributed by atoms with E-state index in [9.17, 15) is 9.59 Å². The van der Waals surface area contributed by atoms with E-state index >= 15 is 0 Å². The number of nitrogens with zero attached hydrogens (tertiary/aromatic N) is 1. The van der Waals surface area contributed by atoms with Gasteiger partial charge in [-0.1, -0.05) is 48.5 Å². The first-order valence-corrected chi connectivity index (χ1v) is 11.0. The number of nitrogens with one attached hydrogen (secondary N) is 2. The summed E-state index contributed by atoms with van der Waals surface area (Å²) in [7, 11) is 0. The molecule has 2 heterocycles. The second-order valence-electron chi connectivity index (χ2n) is 7.51. The van der Waals surface area contributed by atoms with E-state index in [2.05, 4.69) is 51.9 Å². The van der Waals surface area contributed by atoms with Gasteiger partial charge in [0.2, 0.25) is 5.91 Å². The normalized spacial score (nSPS) is 13.6. The highest BCUT2D eigenvalue weighted by molar-refractivity contribution is 7.12. The van der Waals surface area contributed by atoms with E-state index < -0.39 is 6.04 Å². The van der Waals surface area contributed by atoms with Crippen LogP contribution in [0, 0.1) is 0 Å². The number of benzene rings is 2. The van der Waals surface area contributed by atoms with Gasteiger partial charge in [-0.15, -0.1) is 11.3 Å². The molecule has 0 saturated carbocycles. The van der Waals surface area contributed by atoms with E-state index in [1.165, 1.54) is 28.2 Å². The van der Waals surface area contributed by atoms with Crippen molar-refractivity contribution in [3.05, 3.63) is 87.6 Å². The van der Waals surface area contributed by atoms with Crippen molar-refractivity contribution in [1.82, 2.24) is 10.6 Å². The van der Waals surface area contributed by atoms with E-state index in [1.807, 2.05) is 23.6 Å². The highest BCUT2D eigenvalue weighted by atomic mass is 32.1. The predicted octanol–water partition coefficient (Wildman–Crippen LogP) is 3.75. The Kier molecular flexibility index (Phi) is 6.14. The molecule has 1 aromatic heterocycles. The lowest BCUT2D eigenvalue weighted by Crippen LogP contribution is -2.44. The molecular formula is C24H25N3O2S. The van der Waals surface area contributed by atoms with Crippen LogP contribution in [0.25, 0.3) is 0 Å². The lowest BCUT2D eigenvalue weighted by Gasteiger charge is -2.19. The largest absolute Gasteiger partial charge is 0.367 e. The summed E-state index contributed by atoms with van der Waals surface area (Å²) in [4.78, 5) is 27.4. The molecule has 154 valence electrons. The zero-order valence-electron chi connectivity index (χ0n) is 16.9. The Morgan fingerprint density at radius 3 is 2.57 bits per heavy atom. The van der Waals surface area contributed by atoms with Crippen molar-refractivity contribution >= 4 is 28.8 Å². The molecule has 2 amide bonds. The van der Waals surface area contributed by atoms with Gasteiger partial charge in [0.15, 0.2) is 0 Å². The van der Waals surface area contributed by atoms with Crippen LogP contribution in [0.15, 0.2) is 66.0 Å². The van der Waals surface area contributed by atoms with Crippen LogP contribution in [-0.4, -0.2) is 24.4 Å². The summed E-state index contributed by atoms with van der Waals surface area (Å²) in [5, 5.41) is 7.46. The summed E-state index contributed by atoms with van der Waals surface area (Å²) < 4.78 is 0. The molecule has 0 aliphatic carbocycles. The van der Waals surface area contributed by atoms with Gasteiger partial charge in [0.25, 0.3) is 5.91 Å². The van der Waals surface area contributed by atoms with Gasteiger partial charge in [0.1, 0.15) is 6.04 Å². The zero-order valence-corrected chi connectivity index (χ0v) is 17.7. The van der Waals surface area contributed by atoms with Crippen LogP contribution < -0.4 is 15.5 Å². The molecule has 0 radical (unpaired) electrons. The highest BCUT2D eigenvalue weighted by Gasteiger charge is 2.19. The quantitative estimate of drug-likeness (QED) is 0.613. The first-order valence-electron chi connectivity index (χ1n) is 10.1. The Hall–Kier alpha value is -3.12. The van der Waals surface area contributed by atoms with Crippen LogP contribution in [0.1, 0.15) is 33.3 Å². The number of hydrogen-bond acceptors (Lipinski definition) is 4. The van der Waals surface area contributed by atoms with Crippen LogP contribution in [0.5, 0.6) is 0 Å². The Morgan fingerprint density at radius 1 is 1.03 bits per heavy atom. The number of fused-ring (bicyclic) bond motifs is 1. The molecule has 30 heavy (non-hydrogen) atoms. The van der Waals surface area contributed by atoms with Crippen molar-refractivity contribution < 1.29 is 9.59 Å². The van der Waals surface area contributed by atoms with Crippen LogP contribution in [0.4, 0.5) is 5.69 Å². The van der Waals surface area contributed by atoms with Gasteiger partial charge in [-0.25, -0.2) is 0 Å². The summed E-state index contributed by atoms with van der Waals surface area (Å²) in [6.07, 6.45) is 1.10. The second-order valence-corrected chi connectivity index (χ2v) is 8.45. The molecule has 0 unspecified atom stereocenters. The van der Waals surface area contributed by atoms with Crippen LogP contribution in [-0.2, 0) is 24.3 Å². The summed E-state index contributed by atoms with van der Waals surface area (Å²) in [5.74, 6) is -0.418. The Labute approximate surface area is 180 Å². The highest BCUT2D eigenvalue weighted by Crippen LogP contribution is 2.28. The van der Waals surface area contributed by atoms with Gasteiger partial charge < -0.3 is 15.5 Å². The minimum absolute atomic E-state index is 0.197. The van der Waals surface area contributed by atoms with Crippen molar-refractivity contribution in [2.45, 2.75) is 32.5 Å². The number of thiophene rings is 1. The average Bonchev–Trinajstić information content (AvgIpc) is 3.44. The molecule has 3 aromatic rings. The molecule has 2 N–H and O–H groups in total. The van der Waals surface area contributed by atoms with E-state index in [-0.39, 0.29) is 11.8 Å². The van der Waals surface area contributed by atoms with E-state index in [1.54, 1.807) is 13.0 Å². The molecule has 1 aliphatic heterocycles. The molecule has 6 heteroatoms. The fourth-order valence-electron chi connectivity index (χ4n) is 3.64. The maximum atomic E-state index is 12.3. The third kappa shape index (κ3) is 4.71. The molecule has 2 aromatic carbocycles. The monoisotopic (exact) mass is 419 g/mol. The van der Waals surface area contributed by atoms with Gasteiger partial charge in [-0.05, 0) is 47.5 Å². The Balaban J connectivity index is 1.26. The van der Waals surface area contributed by atoms with Gasteiger partial charge in [-0.2, -0.15) is 0 Å². The fraction of sp³-hybridized carbons (Fsp3) is 0.250. The molecule has 0 spiro atoms. The third-order valence-corrected chi connectivity index (χ3v) is 6.20. The first kappa shape index (κ1) is 20.2. The van der Waals surface area contributed by atoms with Gasteiger partial charge >= 0.3 is 0 Å². The van der Waals surface area contributed by atoms with Crippen LogP contribution in [0.3, 0.4) is 0 Å². The molecule has 0 saturated heterocycles. The summed E-state index contributed by atoms with van der Waals surface area (Å²) in [6.45, 7) is 4.06. The smallest absolute Gasteiger partial charge is 0.261 e. The summed E-state index contributed by atoms with van der Waals surface area (Å²) in [6, 6.07) is 19.9. The third-order valence-electron chi connectivity index (χ3n) is 5.33. The molecular weight excluding hydrogens is 394 g/mol. The number of amides is 2. The summed E-state index contributed by atoms with van der Waals surface area (Å²) >= 11 is 1.36. The number of carbonyl (C=O) groups excluding carboxylic acids is 2. The van der Waals surface area contributed by atoms with E-state index in [0.29, 0.717) is 11.4 Å². The Morgan fingerprint density at radius 2 is 1.80 bits per heavy atom. The second kappa shape index (κ2) is 9.13. The van der Waals surface area contributed by atoms with Crippen molar-refractivity contribution in [2.75, 3.05) is 11.4 Å². The molecule has 0 fully saturated rings. The SMILES string of the molecule is C[C@H](NC(=O)c1cccs1)C(=O)NCc1ccc(CN2CCc3ccccc32)cc1. The van der Waals surface area contributed by atoms with Gasteiger partial charge in [-0.3, -0.25) is 9.59 Å². The molecule has 4 rings (SSSR count). The number of rotatable bonds is 7. The van der Waals surface area contributed by atoms with Crippen LogP contribution in [0.2, 0.25) is 0 Å². The molecule has 1 atom stereocenters. The minimum atomic E-state index is -0.589. The van der Waals surface area contributed by atoms with E-state index in [4.69, 9.17) is 0 Å². The zero-order chi connectivity index (χ0) is 20.9. The molecule has 1 aliphatic rings. The summed E-state index contributed by atoms with van der Waals surface area (Å²) in [5.41, 5.74) is 5.02. The number of anilines is 1. The Bertz CT molecular complexity index is 1020.